The lowest BCUT2D eigenvalue weighted by molar-refractivity contribution is 0.0416. The highest BCUT2D eigenvalue weighted by atomic mass is 32.2. The van der Waals surface area contributed by atoms with E-state index in [-0.39, 0.29) is 13.2 Å². The fourth-order valence-corrected chi connectivity index (χ4v) is 3.66. The first-order chi connectivity index (χ1) is 9.08. The molecule has 100 valence electrons. The molecule has 5 nitrogen and oxygen atoms in total. The number of nitrogens with zero attached hydrogens (tertiary/aromatic N) is 1. The van der Waals surface area contributed by atoms with E-state index in [2.05, 4.69) is 4.99 Å². The molecule has 1 saturated carbocycles. The first-order valence-electron chi connectivity index (χ1n) is 6.10. The standard InChI is InChI=1S/C13H13NO4S/c15-9-14-13(5-6-13)10-1-3-11(4-2-10)19(16,17)12-7-18-8-12/h1-4,12H,5-8H2. The van der Waals surface area contributed by atoms with Crippen molar-refractivity contribution in [2.75, 3.05) is 13.2 Å². The van der Waals surface area contributed by atoms with Gasteiger partial charge < -0.3 is 4.74 Å². The second-order valence-electron chi connectivity index (χ2n) is 4.96. The Labute approximate surface area is 111 Å². The minimum absolute atomic E-state index is 0.267. The molecule has 1 aliphatic carbocycles. The summed E-state index contributed by atoms with van der Waals surface area (Å²) in [6, 6.07) is 6.65. The van der Waals surface area contributed by atoms with Gasteiger partial charge in [-0.25, -0.2) is 13.2 Å². The van der Waals surface area contributed by atoms with E-state index in [9.17, 15) is 13.2 Å². The molecular formula is C13H13NO4S. The Hall–Kier alpha value is -1.49. The predicted octanol–water partition coefficient (Wildman–Crippen LogP) is 1.18. The van der Waals surface area contributed by atoms with Gasteiger partial charge in [0.15, 0.2) is 9.84 Å². The zero-order chi connectivity index (χ0) is 13.5. The number of hydrogen-bond donors (Lipinski definition) is 0. The van der Waals surface area contributed by atoms with Crippen LogP contribution in [0, 0.1) is 0 Å². The van der Waals surface area contributed by atoms with Gasteiger partial charge >= 0.3 is 0 Å². The molecule has 0 amide bonds. The summed E-state index contributed by atoms with van der Waals surface area (Å²) in [6.07, 6.45) is 3.21. The number of benzene rings is 1. The summed E-state index contributed by atoms with van der Waals surface area (Å²) in [5.41, 5.74) is 0.420. The molecule has 0 unspecified atom stereocenters. The van der Waals surface area contributed by atoms with E-state index in [0.29, 0.717) is 4.90 Å². The van der Waals surface area contributed by atoms with Crippen molar-refractivity contribution in [2.24, 2.45) is 4.99 Å². The number of aliphatic imine (C=N–C) groups is 1. The largest absolute Gasteiger partial charge is 0.379 e. The second kappa shape index (κ2) is 4.27. The van der Waals surface area contributed by atoms with Crippen LogP contribution < -0.4 is 0 Å². The Bertz CT molecular complexity index is 636. The van der Waals surface area contributed by atoms with Gasteiger partial charge in [-0.1, -0.05) is 12.1 Å². The van der Waals surface area contributed by atoms with Gasteiger partial charge in [0.2, 0.25) is 6.08 Å². The van der Waals surface area contributed by atoms with Gasteiger partial charge in [-0.3, -0.25) is 0 Å². The van der Waals surface area contributed by atoms with Gasteiger partial charge in [-0.05, 0) is 30.5 Å². The van der Waals surface area contributed by atoms with E-state index >= 15 is 0 Å². The molecule has 3 rings (SSSR count). The zero-order valence-electron chi connectivity index (χ0n) is 10.2. The van der Waals surface area contributed by atoms with E-state index < -0.39 is 20.6 Å². The molecular weight excluding hydrogens is 266 g/mol. The fraction of sp³-hybridized carbons (Fsp3) is 0.462. The lowest BCUT2D eigenvalue weighted by Gasteiger charge is -2.25. The lowest BCUT2D eigenvalue weighted by Crippen LogP contribution is -2.40. The Kier molecular flexibility index (Phi) is 2.82. The monoisotopic (exact) mass is 279 g/mol. The van der Waals surface area contributed by atoms with Crippen LogP contribution in [0.2, 0.25) is 0 Å². The normalized spacial score (nSPS) is 21.3. The molecule has 0 spiro atoms. The van der Waals surface area contributed by atoms with Gasteiger partial charge in [0, 0.05) is 0 Å². The molecule has 1 heterocycles. The molecule has 1 aliphatic heterocycles. The Morgan fingerprint density at radius 3 is 2.26 bits per heavy atom. The number of carbonyl (C=O) groups excluding carboxylic acids is 1. The van der Waals surface area contributed by atoms with Crippen LogP contribution in [-0.2, 0) is 24.9 Å². The molecule has 0 N–H and O–H groups in total. The molecule has 0 atom stereocenters. The Balaban J connectivity index is 1.89. The first kappa shape index (κ1) is 12.5. The van der Waals surface area contributed by atoms with E-state index in [1.165, 1.54) is 0 Å². The van der Waals surface area contributed by atoms with Gasteiger partial charge in [0.05, 0.1) is 23.6 Å². The van der Waals surface area contributed by atoms with E-state index in [4.69, 9.17) is 4.74 Å². The summed E-state index contributed by atoms with van der Waals surface area (Å²) in [4.78, 5) is 14.5. The minimum atomic E-state index is -3.29. The molecule has 0 radical (unpaired) electrons. The topological polar surface area (TPSA) is 72.8 Å². The number of ether oxygens (including phenoxy) is 1. The number of hydrogen-bond acceptors (Lipinski definition) is 5. The molecule has 0 aromatic heterocycles. The smallest absolute Gasteiger partial charge is 0.235 e. The third kappa shape index (κ3) is 2.02. The maximum atomic E-state index is 12.2. The first-order valence-corrected chi connectivity index (χ1v) is 7.64. The molecule has 2 fully saturated rings. The Morgan fingerprint density at radius 2 is 1.84 bits per heavy atom. The van der Waals surface area contributed by atoms with Crippen LogP contribution in [0.5, 0.6) is 0 Å². The molecule has 1 aromatic rings. The van der Waals surface area contributed by atoms with Gasteiger partial charge in [0.25, 0.3) is 0 Å². The van der Waals surface area contributed by atoms with E-state index in [1.807, 2.05) is 0 Å². The van der Waals surface area contributed by atoms with Crippen molar-refractivity contribution in [2.45, 2.75) is 28.5 Å². The highest BCUT2D eigenvalue weighted by molar-refractivity contribution is 7.92. The van der Waals surface area contributed by atoms with Crippen molar-refractivity contribution < 1.29 is 17.9 Å². The summed E-state index contributed by atoms with van der Waals surface area (Å²) in [5.74, 6) is 0. The van der Waals surface area contributed by atoms with Crippen LogP contribution in [0.1, 0.15) is 18.4 Å². The van der Waals surface area contributed by atoms with Crippen molar-refractivity contribution in [3.63, 3.8) is 0 Å². The number of sulfone groups is 1. The van der Waals surface area contributed by atoms with Crippen molar-refractivity contribution in [3.8, 4) is 0 Å². The van der Waals surface area contributed by atoms with Crippen LogP contribution in [0.4, 0.5) is 0 Å². The van der Waals surface area contributed by atoms with Gasteiger partial charge in [-0.15, -0.1) is 0 Å². The molecule has 19 heavy (non-hydrogen) atoms. The SMILES string of the molecule is O=C=NC1(c2ccc(S(=O)(=O)C3COC3)cc2)CC1. The van der Waals surface area contributed by atoms with Crippen molar-refractivity contribution in [1.82, 2.24) is 0 Å². The van der Waals surface area contributed by atoms with Crippen LogP contribution >= 0.6 is 0 Å². The summed E-state index contributed by atoms with van der Waals surface area (Å²) in [7, 11) is -3.29. The summed E-state index contributed by atoms with van der Waals surface area (Å²) >= 11 is 0. The third-order valence-electron chi connectivity index (χ3n) is 3.75. The lowest BCUT2D eigenvalue weighted by atomic mass is 10.1. The van der Waals surface area contributed by atoms with Gasteiger partial charge in [0.1, 0.15) is 5.25 Å². The molecule has 2 aliphatic rings. The molecule has 6 heteroatoms. The van der Waals surface area contributed by atoms with Crippen LogP contribution in [0.25, 0.3) is 0 Å². The van der Waals surface area contributed by atoms with Crippen molar-refractivity contribution in [1.29, 1.82) is 0 Å². The molecule has 1 saturated heterocycles. The number of rotatable bonds is 4. The summed E-state index contributed by atoms with van der Waals surface area (Å²) in [5, 5.41) is -0.429. The molecule has 1 aromatic carbocycles. The minimum Gasteiger partial charge on any atom is -0.379 e. The van der Waals surface area contributed by atoms with E-state index in [0.717, 1.165) is 18.4 Å². The highest BCUT2D eigenvalue weighted by Gasteiger charge is 2.45. The summed E-state index contributed by atoms with van der Waals surface area (Å²) < 4.78 is 29.2. The fourth-order valence-electron chi connectivity index (χ4n) is 2.21. The predicted molar refractivity (Wildman–Crippen MR) is 67.3 cm³/mol. The van der Waals surface area contributed by atoms with Crippen LogP contribution in [0.3, 0.4) is 0 Å². The van der Waals surface area contributed by atoms with E-state index in [1.54, 1.807) is 30.3 Å². The van der Waals surface area contributed by atoms with Gasteiger partial charge in [-0.2, -0.15) is 4.99 Å². The quantitative estimate of drug-likeness (QED) is 0.613. The zero-order valence-corrected chi connectivity index (χ0v) is 11.0. The average Bonchev–Trinajstić information content (AvgIpc) is 3.08. The highest BCUT2D eigenvalue weighted by Crippen LogP contribution is 2.49. The van der Waals surface area contributed by atoms with Crippen LogP contribution in [-0.4, -0.2) is 33.0 Å². The number of isocyanates is 1. The molecule has 0 bridgehead atoms. The van der Waals surface area contributed by atoms with Crippen molar-refractivity contribution in [3.05, 3.63) is 29.8 Å². The van der Waals surface area contributed by atoms with Crippen LogP contribution in [0.15, 0.2) is 34.2 Å². The Morgan fingerprint density at radius 1 is 1.21 bits per heavy atom. The maximum Gasteiger partial charge on any atom is 0.235 e. The maximum absolute atomic E-state index is 12.2. The van der Waals surface area contributed by atoms with Crippen molar-refractivity contribution >= 4 is 15.9 Å². The average molecular weight is 279 g/mol. The second-order valence-corrected chi connectivity index (χ2v) is 7.19. The third-order valence-corrected chi connectivity index (χ3v) is 5.83. The summed E-state index contributed by atoms with van der Waals surface area (Å²) in [6.45, 7) is 0.535.